The van der Waals surface area contributed by atoms with Crippen molar-refractivity contribution in [1.29, 1.82) is 0 Å². The molecule has 2 N–H and O–H groups in total. The molecule has 0 heterocycles. The van der Waals surface area contributed by atoms with E-state index in [1.54, 1.807) is 7.11 Å². The average Bonchev–Trinajstić information content (AvgIpc) is 2.19. The lowest BCUT2D eigenvalue weighted by atomic mass is 9.88. The zero-order chi connectivity index (χ0) is 10.6. The Hall–Kier alpha value is -0.340. The SMILES string of the molecule is COC(C)(C)CC(N)C1=CCCCC1. The average molecular weight is 197 g/mol. The second-order valence-electron chi connectivity index (χ2n) is 4.80. The molecular formula is C12H23NO. The molecule has 0 spiro atoms. The minimum atomic E-state index is -0.0995. The van der Waals surface area contributed by atoms with Crippen LogP contribution >= 0.6 is 0 Å². The second kappa shape index (κ2) is 4.94. The van der Waals surface area contributed by atoms with E-state index in [1.165, 1.54) is 31.3 Å². The Kier molecular flexibility index (Phi) is 4.14. The van der Waals surface area contributed by atoms with Crippen molar-refractivity contribution in [2.24, 2.45) is 5.73 Å². The van der Waals surface area contributed by atoms with Crippen molar-refractivity contribution in [3.63, 3.8) is 0 Å². The van der Waals surface area contributed by atoms with Crippen LogP contribution in [-0.2, 0) is 4.74 Å². The highest BCUT2D eigenvalue weighted by molar-refractivity contribution is 5.13. The van der Waals surface area contributed by atoms with Gasteiger partial charge in [-0.25, -0.2) is 0 Å². The summed E-state index contributed by atoms with van der Waals surface area (Å²) in [7, 11) is 1.75. The fraction of sp³-hybridized carbons (Fsp3) is 0.833. The van der Waals surface area contributed by atoms with E-state index < -0.39 is 0 Å². The topological polar surface area (TPSA) is 35.2 Å². The monoisotopic (exact) mass is 197 g/mol. The van der Waals surface area contributed by atoms with Crippen LogP contribution in [0.2, 0.25) is 0 Å². The first-order valence-electron chi connectivity index (χ1n) is 5.55. The Labute approximate surface area is 87.5 Å². The van der Waals surface area contributed by atoms with Crippen molar-refractivity contribution in [2.45, 2.75) is 57.6 Å². The lowest BCUT2D eigenvalue weighted by Gasteiger charge is -2.29. The van der Waals surface area contributed by atoms with Gasteiger partial charge in [0.25, 0.3) is 0 Å². The minimum Gasteiger partial charge on any atom is -0.379 e. The zero-order valence-electron chi connectivity index (χ0n) is 9.68. The van der Waals surface area contributed by atoms with E-state index >= 15 is 0 Å². The number of ether oxygens (including phenoxy) is 1. The van der Waals surface area contributed by atoms with E-state index in [2.05, 4.69) is 19.9 Å². The van der Waals surface area contributed by atoms with Crippen LogP contribution in [0.3, 0.4) is 0 Å². The van der Waals surface area contributed by atoms with Gasteiger partial charge in [-0.15, -0.1) is 0 Å². The summed E-state index contributed by atoms with van der Waals surface area (Å²) in [5, 5.41) is 0. The van der Waals surface area contributed by atoms with Crippen LogP contribution < -0.4 is 5.73 Å². The van der Waals surface area contributed by atoms with Crippen molar-refractivity contribution in [3.05, 3.63) is 11.6 Å². The summed E-state index contributed by atoms with van der Waals surface area (Å²) in [4.78, 5) is 0. The molecule has 1 aliphatic carbocycles. The first-order valence-corrected chi connectivity index (χ1v) is 5.55. The number of hydrogen-bond acceptors (Lipinski definition) is 2. The Bertz CT molecular complexity index is 208. The van der Waals surface area contributed by atoms with Gasteiger partial charge in [-0.2, -0.15) is 0 Å². The van der Waals surface area contributed by atoms with Gasteiger partial charge in [0, 0.05) is 13.2 Å². The van der Waals surface area contributed by atoms with Gasteiger partial charge in [-0.3, -0.25) is 0 Å². The third kappa shape index (κ3) is 3.43. The molecule has 1 unspecified atom stereocenters. The largest absolute Gasteiger partial charge is 0.379 e. The van der Waals surface area contributed by atoms with E-state index in [0.29, 0.717) is 0 Å². The lowest BCUT2D eigenvalue weighted by Crippen LogP contribution is -2.35. The normalized spacial score (nSPS) is 20.4. The molecule has 0 radical (unpaired) electrons. The second-order valence-corrected chi connectivity index (χ2v) is 4.80. The number of hydrogen-bond donors (Lipinski definition) is 1. The fourth-order valence-corrected chi connectivity index (χ4v) is 1.94. The highest BCUT2D eigenvalue weighted by Crippen LogP contribution is 2.25. The summed E-state index contributed by atoms with van der Waals surface area (Å²) in [6, 6.07) is 0.185. The van der Waals surface area contributed by atoms with Crippen molar-refractivity contribution in [2.75, 3.05) is 7.11 Å². The maximum Gasteiger partial charge on any atom is 0.0640 e. The molecule has 0 aromatic rings. The number of methoxy groups -OCH3 is 1. The van der Waals surface area contributed by atoms with Gasteiger partial charge in [0.15, 0.2) is 0 Å². The highest BCUT2D eigenvalue weighted by Gasteiger charge is 2.23. The van der Waals surface area contributed by atoms with Crippen molar-refractivity contribution >= 4 is 0 Å². The molecule has 0 aliphatic heterocycles. The van der Waals surface area contributed by atoms with Crippen LogP contribution in [0.4, 0.5) is 0 Å². The molecule has 2 nitrogen and oxygen atoms in total. The zero-order valence-corrected chi connectivity index (χ0v) is 9.68. The van der Waals surface area contributed by atoms with E-state index in [1.807, 2.05) is 0 Å². The van der Waals surface area contributed by atoms with Crippen LogP contribution in [0.5, 0.6) is 0 Å². The smallest absolute Gasteiger partial charge is 0.0640 e. The number of nitrogens with two attached hydrogens (primary N) is 1. The Morgan fingerprint density at radius 3 is 2.71 bits per heavy atom. The van der Waals surface area contributed by atoms with Gasteiger partial charge in [0.2, 0.25) is 0 Å². The highest BCUT2D eigenvalue weighted by atomic mass is 16.5. The van der Waals surface area contributed by atoms with Crippen LogP contribution in [0, 0.1) is 0 Å². The van der Waals surface area contributed by atoms with E-state index in [-0.39, 0.29) is 11.6 Å². The summed E-state index contributed by atoms with van der Waals surface area (Å²) in [6.07, 6.45) is 8.24. The third-order valence-corrected chi connectivity index (χ3v) is 3.07. The number of rotatable bonds is 4. The van der Waals surface area contributed by atoms with Crippen molar-refractivity contribution < 1.29 is 4.74 Å². The van der Waals surface area contributed by atoms with Crippen LogP contribution in [0.25, 0.3) is 0 Å². The molecule has 0 aromatic heterocycles. The van der Waals surface area contributed by atoms with Crippen LogP contribution in [-0.4, -0.2) is 18.8 Å². The van der Waals surface area contributed by atoms with Gasteiger partial charge in [0.1, 0.15) is 0 Å². The van der Waals surface area contributed by atoms with Crippen LogP contribution in [0.15, 0.2) is 11.6 Å². The predicted octanol–water partition coefficient (Wildman–Crippen LogP) is 2.63. The summed E-state index contributed by atoms with van der Waals surface area (Å²) < 4.78 is 5.39. The maximum atomic E-state index is 6.16. The summed E-state index contributed by atoms with van der Waals surface area (Å²) in [6.45, 7) is 4.19. The molecule has 0 fully saturated rings. The summed E-state index contributed by atoms with van der Waals surface area (Å²) in [5.41, 5.74) is 7.49. The Morgan fingerprint density at radius 2 is 2.21 bits per heavy atom. The summed E-state index contributed by atoms with van der Waals surface area (Å²) in [5.74, 6) is 0. The maximum absolute atomic E-state index is 6.16. The number of allylic oxidation sites excluding steroid dienone is 1. The van der Waals surface area contributed by atoms with Crippen molar-refractivity contribution in [1.82, 2.24) is 0 Å². The van der Waals surface area contributed by atoms with E-state index in [0.717, 1.165) is 6.42 Å². The van der Waals surface area contributed by atoms with Gasteiger partial charge in [0.05, 0.1) is 5.60 Å². The first-order chi connectivity index (χ1) is 6.55. The van der Waals surface area contributed by atoms with Gasteiger partial charge >= 0.3 is 0 Å². The lowest BCUT2D eigenvalue weighted by molar-refractivity contribution is 0.0122. The van der Waals surface area contributed by atoms with Gasteiger partial charge < -0.3 is 10.5 Å². The molecule has 1 aliphatic rings. The summed E-state index contributed by atoms with van der Waals surface area (Å²) >= 11 is 0. The molecular weight excluding hydrogens is 174 g/mol. The standard InChI is InChI=1S/C12H23NO/c1-12(2,14-3)9-11(13)10-7-5-4-6-8-10/h7,11H,4-6,8-9,13H2,1-3H3. The molecule has 2 heteroatoms. The Balaban J connectivity index is 2.48. The third-order valence-electron chi connectivity index (χ3n) is 3.07. The molecule has 0 amide bonds. The molecule has 1 rings (SSSR count). The first kappa shape index (κ1) is 11.7. The predicted molar refractivity (Wildman–Crippen MR) is 60.2 cm³/mol. The van der Waals surface area contributed by atoms with Crippen LogP contribution in [0.1, 0.15) is 46.0 Å². The van der Waals surface area contributed by atoms with Gasteiger partial charge in [-0.05, 0) is 46.0 Å². The Morgan fingerprint density at radius 1 is 1.50 bits per heavy atom. The minimum absolute atomic E-state index is 0.0995. The molecule has 82 valence electrons. The molecule has 14 heavy (non-hydrogen) atoms. The van der Waals surface area contributed by atoms with Gasteiger partial charge in [-0.1, -0.05) is 11.6 Å². The van der Waals surface area contributed by atoms with E-state index in [9.17, 15) is 0 Å². The molecule has 1 atom stereocenters. The van der Waals surface area contributed by atoms with E-state index in [4.69, 9.17) is 10.5 Å². The molecule has 0 saturated carbocycles. The van der Waals surface area contributed by atoms with Crippen molar-refractivity contribution in [3.8, 4) is 0 Å². The molecule has 0 saturated heterocycles. The molecule has 0 bridgehead atoms. The quantitative estimate of drug-likeness (QED) is 0.703. The molecule has 0 aromatic carbocycles. The fourth-order valence-electron chi connectivity index (χ4n) is 1.94.